The lowest BCUT2D eigenvalue weighted by molar-refractivity contribution is -0.00225. The topological polar surface area (TPSA) is 73.7 Å². The van der Waals surface area contributed by atoms with E-state index in [2.05, 4.69) is 4.98 Å². The number of likely N-dealkylation sites (tertiary alicyclic amines) is 1. The molecule has 2 heterocycles. The van der Waals surface area contributed by atoms with Gasteiger partial charge in [0.1, 0.15) is 5.75 Å². The molecule has 0 radical (unpaired) electrons. The van der Waals surface area contributed by atoms with Crippen LogP contribution in [0.1, 0.15) is 30.3 Å². The van der Waals surface area contributed by atoms with Crippen molar-refractivity contribution in [2.24, 2.45) is 0 Å². The minimum absolute atomic E-state index is 0.0778. The summed E-state index contributed by atoms with van der Waals surface area (Å²) in [5, 5.41) is 19.4. The van der Waals surface area contributed by atoms with E-state index in [4.69, 9.17) is 0 Å². The highest BCUT2D eigenvalue weighted by molar-refractivity contribution is 5.94. The smallest absolute Gasteiger partial charge is 0.276 e. The molecule has 0 saturated carbocycles. The molecule has 0 atom stereocenters. The molecule has 0 bridgehead atoms. The molecule has 5 nitrogen and oxygen atoms in total. The van der Waals surface area contributed by atoms with Crippen molar-refractivity contribution in [2.75, 3.05) is 13.1 Å². The van der Waals surface area contributed by atoms with Crippen molar-refractivity contribution in [3.8, 4) is 5.75 Å². The number of carbonyl (C=O) groups is 1. The second-order valence-electron chi connectivity index (χ2n) is 4.66. The second-order valence-corrected chi connectivity index (χ2v) is 4.66. The number of amides is 1. The maximum atomic E-state index is 12.1. The Morgan fingerprint density at radius 2 is 2.12 bits per heavy atom. The highest BCUT2D eigenvalue weighted by Crippen LogP contribution is 2.23. The molecule has 0 aromatic carbocycles. The number of nitrogens with zero attached hydrogens (tertiary/aromatic N) is 2. The fraction of sp³-hybridized carbons (Fsp3) is 0.500. The quantitative estimate of drug-likeness (QED) is 0.755. The largest absolute Gasteiger partial charge is 0.505 e. The molecule has 1 aliphatic rings. The average Bonchev–Trinajstić information content (AvgIpc) is 2.29. The third-order valence-corrected chi connectivity index (χ3v) is 3.12. The van der Waals surface area contributed by atoms with Crippen LogP contribution >= 0.6 is 0 Å². The monoisotopic (exact) mass is 236 g/mol. The zero-order valence-electron chi connectivity index (χ0n) is 9.76. The molecule has 17 heavy (non-hydrogen) atoms. The fourth-order valence-corrected chi connectivity index (χ4v) is 1.90. The minimum atomic E-state index is -0.692. The van der Waals surface area contributed by atoms with Crippen molar-refractivity contribution in [1.82, 2.24) is 9.88 Å². The molecular formula is C12H16N2O3. The molecule has 1 saturated heterocycles. The molecule has 0 unspecified atom stereocenters. The maximum absolute atomic E-state index is 12.1. The van der Waals surface area contributed by atoms with Gasteiger partial charge >= 0.3 is 0 Å². The predicted molar refractivity (Wildman–Crippen MR) is 61.7 cm³/mol. The SMILES string of the molecule is CC1(O)CCN(C(=O)c2ncccc2O)CC1. The van der Waals surface area contributed by atoms with Gasteiger partial charge in [0.25, 0.3) is 5.91 Å². The first-order chi connectivity index (χ1) is 7.99. The summed E-state index contributed by atoms with van der Waals surface area (Å²) in [4.78, 5) is 17.6. The Kier molecular flexibility index (Phi) is 3.02. The Balaban J connectivity index is 2.10. The molecule has 1 amide bonds. The van der Waals surface area contributed by atoms with E-state index in [1.165, 1.54) is 12.3 Å². The standard InChI is InChI=1S/C12H16N2O3/c1-12(17)4-7-14(8-5-12)11(16)10-9(15)3-2-6-13-10/h2-3,6,15,17H,4-5,7-8H2,1H3. The predicted octanol–water partition coefficient (Wildman–Crippen LogP) is 0.774. The molecule has 0 spiro atoms. The molecule has 0 aliphatic carbocycles. The molecule has 1 aliphatic heterocycles. The van der Waals surface area contributed by atoms with Crippen molar-refractivity contribution >= 4 is 5.91 Å². The first-order valence-corrected chi connectivity index (χ1v) is 5.65. The van der Waals surface area contributed by atoms with Gasteiger partial charge in [-0.25, -0.2) is 4.98 Å². The molecular weight excluding hydrogens is 220 g/mol. The lowest BCUT2D eigenvalue weighted by Gasteiger charge is -2.35. The van der Waals surface area contributed by atoms with E-state index in [9.17, 15) is 15.0 Å². The van der Waals surface area contributed by atoms with E-state index in [0.717, 1.165) is 0 Å². The zero-order valence-corrected chi connectivity index (χ0v) is 9.76. The van der Waals surface area contributed by atoms with Crippen LogP contribution in [-0.4, -0.2) is 44.7 Å². The molecule has 92 valence electrons. The third-order valence-electron chi connectivity index (χ3n) is 3.12. The molecule has 5 heteroatoms. The fourth-order valence-electron chi connectivity index (χ4n) is 1.90. The average molecular weight is 236 g/mol. The summed E-state index contributed by atoms with van der Waals surface area (Å²) in [6.07, 6.45) is 2.58. The lowest BCUT2D eigenvalue weighted by Crippen LogP contribution is -2.45. The highest BCUT2D eigenvalue weighted by atomic mass is 16.3. The molecule has 1 aromatic rings. The lowest BCUT2D eigenvalue weighted by atomic mass is 9.94. The summed E-state index contributed by atoms with van der Waals surface area (Å²) in [6, 6.07) is 3.02. The number of carbonyl (C=O) groups excluding carboxylic acids is 1. The number of pyridine rings is 1. The van der Waals surface area contributed by atoms with Crippen molar-refractivity contribution in [2.45, 2.75) is 25.4 Å². The van der Waals surface area contributed by atoms with Gasteiger partial charge in [0.2, 0.25) is 0 Å². The Bertz CT molecular complexity index is 422. The normalized spacial score (nSPS) is 19.1. The molecule has 2 rings (SSSR count). The van der Waals surface area contributed by atoms with Crippen LogP contribution in [0.15, 0.2) is 18.3 Å². The minimum Gasteiger partial charge on any atom is -0.505 e. The second kappa shape index (κ2) is 4.33. The number of aliphatic hydroxyl groups is 1. The van der Waals surface area contributed by atoms with Crippen LogP contribution in [0, 0.1) is 0 Å². The van der Waals surface area contributed by atoms with Crippen LogP contribution in [0.25, 0.3) is 0 Å². The van der Waals surface area contributed by atoms with Gasteiger partial charge in [-0.2, -0.15) is 0 Å². The van der Waals surface area contributed by atoms with Gasteiger partial charge in [-0.3, -0.25) is 4.79 Å². The molecule has 1 aromatic heterocycles. The summed E-state index contributed by atoms with van der Waals surface area (Å²) in [6.45, 7) is 2.75. The van der Waals surface area contributed by atoms with Crippen LogP contribution in [0.5, 0.6) is 5.75 Å². The summed E-state index contributed by atoms with van der Waals surface area (Å²) < 4.78 is 0. The number of hydrogen-bond acceptors (Lipinski definition) is 4. The molecule has 2 N–H and O–H groups in total. The van der Waals surface area contributed by atoms with Crippen molar-refractivity contribution in [3.63, 3.8) is 0 Å². The maximum Gasteiger partial charge on any atom is 0.276 e. The van der Waals surface area contributed by atoms with Crippen LogP contribution < -0.4 is 0 Å². The van der Waals surface area contributed by atoms with Crippen LogP contribution in [0.4, 0.5) is 0 Å². The van der Waals surface area contributed by atoms with Crippen LogP contribution in [-0.2, 0) is 0 Å². The first kappa shape index (κ1) is 11.9. The highest BCUT2D eigenvalue weighted by Gasteiger charge is 2.31. The van der Waals surface area contributed by atoms with E-state index in [1.54, 1.807) is 17.9 Å². The number of aromatic hydroxyl groups is 1. The summed E-state index contributed by atoms with van der Waals surface area (Å²) in [5.74, 6) is -0.381. The Morgan fingerprint density at radius 1 is 1.47 bits per heavy atom. The Hall–Kier alpha value is -1.62. The van der Waals surface area contributed by atoms with Gasteiger partial charge in [-0.05, 0) is 31.9 Å². The van der Waals surface area contributed by atoms with Gasteiger partial charge < -0.3 is 15.1 Å². The number of aromatic nitrogens is 1. The van der Waals surface area contributed by atoms with E-state index < -0.39 is 5.60 Å². The van der Waals surface area contributed by atoms with Crippen LogP contribution in [0.2, 0.25) is 0 Å². The van der Waals surface area contributed by atoms with Gasteiger partial charge in [-0.1, -0.05) is 0 Å². The van der Waals surface area contributed by atoms with E-state index in [1.807, 2.05) is 0 Å². The van der Waals surface area contributed by atoms with Gasteiger partial charge in [-0.15, -0.1) is 0 Å². The van der Waals surface area contributed by atoms with Gasteiger partial charge in [0.05, 0.1) is 5.60 Å². The van der Waals surface area contributed by atoms with Crippen molar-refractivity contribution in [3.05, 3.63) is 24.0 Å². The Morgan fingerprint density at radius 3 is 2.71 bits per heavy atom. The van der Waals surface area contributed by atoms with Gasteiger partial charge in [0.15, 0.2) is 5.69 Å². The first-order valence-electron chi connectivity index (χ1n) is 5.65. The number of piperidine rings is 1. The van der Waals surface area contributed by atoms with E-state index in [0.29, 0.717) is 25.9 Å². The number of rotatable bonds is 1. The van der Waals surface area contributed by atoms with Crippen molar-refractivity contribution in [1.29, 1.82) is 0 Å². The third kappa shape index (κ3) is 2.55. The summed E-state index contributed by atoms with van der Waals surface area (Å²) in [5.41, 5.74) is -0.614. The summed E-state index contributed by atoms with van der Waals surface area (Å²) in [7, 11) is 0. The molecule has 1 fully saturated rings. The van der Waals surface area contributed by atoms with E-state index >= 15 is 0 Å². The van der Waals surface area contributed by atoms with Crippen LogP contribution in [0.3, 0.4) is 0 Å². The summed E-state index contributed by atoms with van der Waals surface area (Å²) >= 11 is 0. The van der Waals surface area contributed by atoms with Gasteiger partial charge in [0, 0.05) is 19.3 Å². The zero-order chi connectivity index (χ0) is 12.5. The Labute approximate surface area is 99.7 Å². The van der Waals surface area contributed by atoms with E-state index in [-0.39, 0.29) is 17.4 Å². The number of hydrogen-bond donors (Lipinski definition) is 2. The van der Waals surface area contributed by atoms with Crippen molar-refractivity contribution < 1.29 is 15.0 Å².